The van der Waals surface area contributed by atoms with Gasteiger partial charge in [-0.15, -0.1) is 0 Å². The summed E-state index contributed by atoms with van der Waals surface area (Å²) in [6.45, 7) is 1.82. The first-order chi connectivity index (χ1) is 12.6. The van der Waals surface area contributed by atoms with Crippen molar-refractivity contribution in [3.63, 3.8) is 0 Å². The van der Waals surface area contributed by atoms with Gasteiger partial charge in [0.15, 0.2) is 5.52 Å². The van der Waals surface area contributed by atoms with Crippen molar-refractivity contribution in [1.82, 2.24) is 19.7 Å². The minimum Gasteiger partial charge on any atom is -0.381 e. The van der Waals surface area contributed by atoms with E-state index in [0.717, 1.165) is 18.4 Å². The monoisotopic (exact) mass is 393 g/mol. The summed E-state index contributed by atoms with van der Waals surface area (Å²) in [5.41, 5.74) is 1.78. The largest absolute Gasteiger partial charge is 0.381 e. The average Bonchev–Trinajstić information content (AvgIpc) is 3.08. The highest BCUT2D eigenvalue weighted by molar-refractivity contribution is 6.42. The smallest absolute Gasteiger partial charge is 0.278 e. The quantitative estimate of drug-likeness (QED) is 0.709. The highest BCUT2D eigenvalue weighted by Gasteiger charge is 2.20. The number of halogens is 2. The van der Waals surface area contributed by atoms with Crippen molar-refractivity contribution in [2.45, 2.75) is 25.4 Å². The molecule has 0 amide bonds. The molecule has 7 nitrogen and oxygen atoms in total. The van der Waals surface area contributed by atoms with Gasteiger partial charge >= 0.3 is 0 Å². The fraction of sp³-hybridized carbons (Fsp3) is 0.353. The highest BCUT2D eigenvalue weighted by Crippen LogP contribution is 2.24. The van der Waals surface area contributed by atoms with Gasteiger partial charge in [-0.05, 0) is 30.5 Å². The van der Waals surface area contributed by atoms with Gasteiger partial charge in [-0.2, -0.15) is 5.10 Å². The number of aromatic nitrogens is 4. The summed E-state index contributed by atoms with van der Waals surface area (Å²) < 4.78 is 7.15. The maximum atomic E-state index is 12.6. The van der Waals surface area contributed by atoms with Crippen molar-refractivity contribution in [2.75, 3.05) is 18.5 Å². The zero-order chi connectivity index (χ0) is 18.1. The fourth-order valence-corrected chi connectivity index (χ4v) is 3.42. The maximum Gasteiger partial charge on any atom is 0.278 e. The Balaban J connectivity index is 1.57. The van der Waals surface area contributed by atoms with Crippen molar-refractivity contribution < 1.29 is 4.74 Å². The van der Waals surface area contributed by atoms with Crippen LogP contribution in [-0.4, -0.2) is 33.0 Å². The van der Waals surface area contributed by atoms with E-state index in [-0.39, 0.29) is 11.6 Å². The van der Waals surface area contributed by atoms with Crippen molar-refractivity contribution >= 4 is 40.2 Å². The van der Waals surface area contributed by atoms with Gasteiger partial charge in [-0.25, -0.2) is 4.98 Å². The third-order valence-electron chi connectivity index (χ3n) is 4.44. The molecule has 3 aromatic rings. The van der Waals surface area contributed by atoms with Crippen LogP contribution in [0.4, 0.5) is 5.95 Å². The van der Waals surface area contributed by atoms with E-state index in [1.807, 2.05) is 6.07 Å². The maximum absolute atomic E-state index is 12.6. The molecular formula is C17H17Cl2N5O2. The van der Waals surface area contributed by atoms with Crippen molar-refractivity contribution in [3.05, 3.63) is 50.4 Å². The lowest BCUT2D eigenvalue weighted by Crippen LogP contribution is -2.23. The molecule has 0 bridgehead atoms. The van der Waals surface area contributed by atoms with E-state index in [0.29, 0.717) is 46.8 Å². The first kappa shape index (κ1) is 17.3. The van der Waals surface area contributed by atoms with Crippen LogP contribution < -0.4 is 10.9 Å². The number of hydrogen-bond acceptors (Lipinski definition) is 5. The minimum atomic E-state index is -0.212. The van der Waals surface area contributed by atoms with Crippen molar-refractivity contribution in [1.29, 1.82) is 0 Å². The third-order valence-corrected chi connectivity index (χ3v) is 5.18. The Morgan fingerprint density at radius 2 is 2.08 bits per heavy atom. The number of H-pyrrole nitrogens is 1. The SMILES string of the molecule is O=c1[nH]c(NCc2ccc(Cl)c(Cl)c2)nc2cnn(C3CCOCC3)c12. The van der Waals surface area contributed by atoms with Gasteiger partial charge in [0.05, 0.1) is 22.3 Å². The summed E-state index contributed by atoms with van der Waals surface area (Å²) in [6, 6.07) is 5.54. The van der Waals surface area contributed by atoms with Gasteiger partial charge < -0.3 is 10.1 Å². The number of hydrogen-bond donors (Lipinski definition) is 2. The Hall–Kier alpha value is -2.09. The molecular weight excluding hydrogens is 377 g/mol. The number of ether oxygens (including phenoxy) is 1. The number of nitrogens with one attached hydrogen (secondary N) is 2. The summed E-state index contributed by atoms with van der Waals surface area (Å²) in [7, 11) is 0. The van der Waals surface area contributed by atoms with Crippen molar-refractivity contribution in [2.24, 2.45) is 0 Å². The number of anilines is 1. The third kappa shape index (κ3) is 3.42. The van der Waals surface area contributed by atoms with Crippen LogP contribution in [0, 0.1) is 0 Å². The number of rotatable bonds is 4. The molecule has 0 radical (unpaired) electrons. The Morgan fingerprint density at radius 3 is 2.85 bits per heavy atom. The van der Waals surface area contributed by atoms with Gasteiger partial charge in [-0.1, -0.05) is 29.3 Å². The molecule has 4 rings (SSSR count). The van der Waals surface area contributed by atoms with E-state index in [4.69, 9.17) is 27.9 Å². The molecule has 2 N–H and O–H groups in total. The molecule has 1 aliphatic rings. The van der Waals surface area contributed by atoms with E-state index in [2.05, 4.69) is 20.4 Å². The van der Waals surface area contributed by atoms with Gasteiger partial charge in [0.2, 0.25) is 5.95 Å². The predicted molar refractivity (Wildman–Crippen MR) is 101 cm³/mol. The molecule has 1 fully saturated rings. The summed E-state index contributed by atoms with van der Waals surface area (Å²) >= 11 is 11.9. The molecule has 0 saturated carbocycles. The van der Waals surface area contributed by atoms with E-state index in [1.165, 1.54) is 0 Å². The van der Waals surface area contributed by atoms with Crippen LogP contribution in [-0.2, 0) is 11.3 Å². The molecule has 26 heavy (non-hydrogen) atoms. The molecule has 2 aromatic heterocycles. The highest BCUT2D eigenvalue weighted by atomic mass is 35.5. The molecule has 9 heteroatoms. The topological polar surface area (TPSA) is 84.8 Å². The zero-order valence-electron chi connectivity index (χ0n) is 13.8. The predicted octanol–water partition coefficient (Wildman–Crippen LogP) is 3.39. The summed E-state index contributed by atoms with van der Waals surface area (Å²) in [5, 5.41) is 8.47. The summed E-state index contributed by atoms with van der Waals surface area (Å²) in [5.74, 6) is 0.389. The van der Waals surface area contributed by atoms with E-state index < -0.39 is 0 Å². The second-order valence-electron chi connectivity index (χ2n) is 6.18. The Kier molecular flexibility index (Phi) is 4.84. The molecule has 0 spiro atoms. The van der Waals surface area contributed by atoms with Gasteiger partial charge in [0.25, 0.3) is 5.56 Å². The zero-order valence-corrected chi connectivity index (χ0v) is 15.3. The standard InChI is InChI=1S/C17H17Cl2N5O2/c18-12-2-1-10(7-13(12)19)8-20-17-22-14-9-21-24(15(14)16(25)23-17)11-3-5-26-6-4-11/h1-2,7,9,11H,3-6,8H2,(H2,20,22,23,25). The van der Waals surface area contributed by atoms with Gasteiger partial charge in [-0.3, -0.25) is 14.5 Å². The Bertz CT molecular complexity index is 994. The van der Waals surface area contributed by atoms with Gasteiger partial charge in [0.1, 0.15) is 5.52 Å². The second-order valence-corrected chi connectivity index (χ2v) is 7.00. The van der Waals surface area contributed by atoms with E-state index in [1.54, 1.807) is 23.0 Å². The second kappa shape index (κ2) is 7.26. The normalized spacial score (nSPS) is 15.5. The Labute approximate surface area is 159 Å². The summed E-state index contributed by atoms with van der Waals surface area (Å²) in [4.78, 5) is 19.8. The van der Waals surface area contributed by atoms with Crippen LogP contribution in [0.3, 0.4) is 0 Å². The number of benzene rings is 1. The lowest BCUT2D eigenvalue weighted by atomic mass is 10.1. The lowest BCUT2D eigenvalue weighted by Gasteiger charge is -2.22. The van der Waals surface area contributed by atoms with Crippen LogP contribution in [0.2, 0.25) is 10.0 Å². The molecule has 1 aromatic carbocycles. The molecule has 3 heterocycles. The van der Waals surface area contributed by atoms with Gasteiger partial charge in [0, 0.05) is 19.8 Å². The van der Waals surface area contributed by atoms with Crippen LogP contribution in [0.5, 0.6) is 0 Å². The van der Waals surface area contributed by atoms with Crippen LogP contribution >= 0.6 is 23.2 Å². The molecule has 136 valence electrons. The van der Waals surface area contributed by atoms with Crippen LogP contribution in [0.25, 0.3) is 11.0 Å². The summed E-state index contributed by atoms with van der Waals surface area (Å²) in [6.07, 6.45) is 3.31. The van der Waals surface area contributed by atoms with Crippen LogP contribution in [0.15, 0.2) is 29.2 Å². The van der Waals surface area contributed by atoms with E-state index in [9.17, 15) is 4.79 Å². The lowest BCUT2D eigenvalue weighted by molar-refractivity contribution is 0.0674. The Morgan fingerprint density at radius 1 is 1.27 bits per heavy atom. The molecule has 0 unspecified atom stereocenters. The molecule has 1 saturated heterocycles. The van der Waals surface area contributed by atoms with Crippen LogP contribution in [0.1, 0.15) is 24.4 Å². The first-order valence-corrected chi connectivity index (χ1v) is 9.10. The number of aromatic amines is 1. The first-order valence-electron chi connectivity index (χ1n) is 8.35. The minimum absolute atomic E-state index is 0.166. The average molecular weight is 394 g/mol. The molecule has 0 aliphatic carbocycles. The van der Waals surface area contributed by atoms with E-state index >= 15 is 0 Å². The fourth-order valence-electron chi connectivity index (χ4n) is 3.10. The number of nitrogens with zero attached hydrogens (tertiary/aromatic N) is 3. The molecule has 1 aliphatic heterocycles. The molecule has 0 atom stereocenters. The number of fused-ring (bicyclic) bond motifs is 1. The van der Waals surface area contributed by atoms with Crippen molar-refractivity contribution in [3.8, 4) is 0 Å².